The second-order valence-corrected chi connectivity index (χ2v) is 7.14. The van der Waals surface area contributed by atoms with Crippen LogP contribution < -0.4 is 5.73 Å². The molecule has 0 unspecified atom stereocenters. The van der Waals surface area contributed by atoms with E-state index in [0.29, 0.717) is 18.0 Å². The Balaban J connectivity index is 2.41. The average molecular weight is 319 g/mol. The number of aryl methyl sites for hydroxylation is 1. The molecule has 0 saturated carbocycles. The molecule has 1 aromatic carbocycles. The van der Waals surface area contributed by atoms with Gasteiger partial charge < -0.3 is 5.73 Å². The van der Waals surface area contributed by atoms with Crippen molar-refractivity contribution in [3.63, 3.8) is 0 Å². The molecule has 2 N–H and O–H groups in total. The van der Waals surface area contributed by atoms with Gasteiger partial charge in [0.05, 0.1) is 4.90 Å². The van der Waals surface area contributed by atoms with Gasteiger partial charge in [-0.05, 0) is 31.0 Å². The Labute approximate surface area is 110 Å². The van der Waals surface area contributed by atoms with Crippen molar-refractivity contribution in [3.8, 4) is 0 Å². The van der Waals surface area contributed by atoms with Crippen LogP contribution in [0.3, 0.4) is 0 Å². The summed E-state index contributed by atoms with van der Waals surface area (Å²) in [6.07, 6.45) is 0.728. The number of hydrogen-bond donors (Lipinski definition) is 1. The van der Waals surface area contributed by atoms with Crippen molar-refractivity contribution in [1.82, 2.24) is 4.31 Å². The van der Waals surface area contributed by atoms with Gasteiger partial charge in [-0.25, -0.2) is 8.42 Å². The molecular formula is C11H15BrN2O2S. The van der Waals surface area contributed by atoms with E-state index in [-0.39, 0.29) is 6.04 Å². The molecule has 0 bridgehead atoms. The Morgan fingerprint density at radius 1 is 1.47 bits per heavy atom. The van der Waals surface area contributed by atoms with Crippen LogP contribution in [-0.2, 0) is 10.0 Å². The van der Waals surface area contributed by atoms with E-state index in [2.05, 4.69) is 15.9 Å². The number of halogens is 1. The van der Waals surface area contributed by atoms with E-state index < -0.39 is 10.0 Å². The van der Waals surface area contributed by atoms with Gasteiger partial charge in [0.25, 0.3) is 0 Å². The lowest BCUT2D eigenvalue weighted by molar-refractivity contribution is 0.472. The fourth-order valence-corrected chi connectivity index (χ4v) is 4.24. The molecule has 1 heterocycles. The summed E-state index contributed by atoms with van der Waals surface area (Å²) in [5, 5.41) is 0. The lowest BCUT2D eigenvalue weighted by Gasteiger charge is -2.17. The highest BCUT2D eigenvalue weighted by Crippen LogP contribution is 2.25. The Morgan fingerprint density at radius 2 is 2.18 bits per heavy atom. The maximum Gasteiger partial charge on any atom is 0.243 e. The van der Waals surface area contributed by atoms with Crippen molar-refractivity contribution in [2.45, 2.75) is 24.3 Å². The zero-order chi connectivity index (χ0) is 12.6. The molecule has 17 heavy (non-hydrogen) atoms. The first kappa shape index (κ1) is 13.0. The molecule has 94 valence electrons. The lowest BCUT2D eigenvalue weighted by Crippen LogP contribution is -2.32. The molecule has 1 aliphatic heterocycles. The number of rotatable bonds is 2. The first-order valence-corrected chi connectivity index (χ1v) is 7.66. The van der Waals surface area contributed by atoms with Gasteiger partial charge in [-0.3, -0.25) is 0 Å². The molecule has 1 fully saturated rings. The van der Waals surface area contributed by atoms with Crippen molar-refractivity contribution in [2.75, 3.05) is 13.1 Å². The van der Waals surface area contributed by atoms with Crippen LogP contribution in [0, 0.1) is 6.92 Å². The quantitative estimate of drug-likeness (QED) is 0.898. The summed E-state index contributed by atoms with van der Waals surface area (Å²) in [5.41, 5.74) is 6.51. The van der Waals surface area contributed by atoms with Crippen molar-refractivity contribution in [3.05, 3.63) is 28.2 Å². The van der Waals surface area contributed by atoms with Gasteiger partial charge in [-0.1, -0.05) is 22.0 Å². The summed E-state index contributed by atoms with van der Waals surface area (Å²) in [6.45, 7) is 2.72. The minimum atomic E-state index is -3.40. The summed E-state index contributed by atoms with van der Waals surface area (Å²) < 4.78 is 27.0. The van der Waals surface area contributed by atoms with Crippen LogP contribution in [0.1, 0.15) is 12.0 Å². The number of nitrogens with zero attached hydrogens (tertiary/aromatic N) is 1. The largest absolute Gasteiger partial charge is 0.326 e. The molecule has 0 amide bonds. The minimum Gasteiger partial charge on any atom is -0.326 e. The molecule has 1 atom stereocenters. The monoisotopic (exact) mass is 318 g/mol. The standard InChI is InChI=1S/C11H15BrN2O2S/c1-8-2-3-9(12)6-11(8)17(15,16)14-5-4-10(13)7-14/h2-3,6,10H,4-5,7,13H2,1H3/t10-/m1/s1. The third-order valence-corrected chi connectivity index (χ3v) is 5.46. The van der Waals surface area contributed by atoms with Crippen LogP contribution in [0.15, 0.2) is 27.6 Å². The SMILES string of the molecule is Cc1ccc(Br)cc1S(=O)(=O)N1CC[C@@H](N)C1. The van der Waals surface area contributed by atoms with Crippen molar-refractivity contribution in [1.29, 1.82) is 0 Å². The van der Waals surface area contributed by atoms with Crippen molar-refractivity contribution >= 4 is 26.0 Å². The molecule has 0 spiro atoms. The third-order valence-electron chi connectivity index (χ3n) is 2.96. The molecule has 1 aromatic rings. The van der Waals surface area contributed by atoms with E-state index in [1.165, 1.54) is 4.31 Å². The van der Waals surface area contributed by atoms with E-state index in [1.807, 2.05) is 6.07 Å². The molecule has 2 rings (SSSR count). The third kappa shape index (κ3) is 2.54. The Bertz CT molecular complexity index is 530. The smallest absolute Gasteiger partial charge is 0.243 e. The summed E-state index contributed by atoms with van der Waals surface area (Å²) >= 11 is 3.30. The van der Waals surface area contributed by atoms with E-state index in [0.717, 1.165) is 16.5 Å². The summed E-state index contributed by atoms with van der Waals surface area (Å²) in [6, 6.07) is 5.24. The molecule has 0 radical (unpaired) electrons. The van der Waals surface area contributed by atoms with Gasteiger partial charge in [-0.2, -0.15) is 4.31 Å². The second-order valence-electron chi connectivity index (χ2n) is 4.32. The van der Waals surface area contributed by atoms with E-state index in [4.69, 9.17) is 5.73 Å². The second kappa shape index (κ2) is 4.68. The van der Waals surface area contributed by atoms with Crippen LogP contribution in [-0.4, -0.2) is 31.9 Å². The maximum atomic E-state index is 12.4. The maximum absolute atomic E-state index is 12.4. The first-order chi connectivity index (χ1) is 7.91. The highest BCUT2D eigenvalue weighted by atomic mass is 79.9. The van der Waals surface area contributed by atoms with Crippen LogP contribution in [0.25, 0.3) is 0 Å². The van der Waals surface area contributed by atoms with Crippen molar-refractivity contribution in [2.24, 2.45) is 5.73 Å². The summed E-state index contributed by atoms with van der Waals surface area (Å²) in [5.74, 6) is 0. The molecule has 6 heteroatoms. The van der Waals surface area contributed by atoms with Crippen molar-refractivity contribution < 1.29 is 8.42 Å². The van der Waals surface area contributed by atoms with Crippen LogP contribution in [0.5, 0.6) is 0 Å². The Hall–Kier alpha value is -0.430. The molecule has 4 nitrogen and oxygen atoms in total. The predicted molar refractivity (Wildman–Crippen MR) is 70.2 cm³/mol. The summed E-state index contributed by atoms with van der Waals surface area (Å²) in [7, 11) is -3.40. The first-order valence-electron chi connectivity index (χ1n) is 5.43. The van der Waals surface area contributed by atoms with E-state index >= 15 is 0 Å². The topological polar surface area (TPSA) is 63.4 Å². The lowest BCUT2D eigenvalue weighted by atomic mass is 10.2. The van der Waals surface area contributed by atoms with Crippen LogP contribution in [0.2, 0.25) is 0 Å². The van der Waals surface area contributed by atoms with Gasteiger partial charge in [-0.15, -0.1) is 0 Å². The number of benzene rings is 1. The fraction of sp³-hybridized carbons (Fsp3) is 0.455. The van der Waals surface area contributed by atoms with E-state index in [9.17, 15) is 8.42 Å². The van der Waals surface area contributed by atoms with Gasteiger partial charge in [0.2, 0.25) is 10.0 Å². The number of nitrogens with two attached hydrogens (primary N) is 1. The number of hydrogen-bond acceptors (Lipinski definition) is 3. The zero-order valence-corrected chi connectivity index (χ0v) is 12.0. The Kier molecular flexibility index (Phi) is 3.58. The molecular weight excluding hydrogens is 304 g/mol. The highest BCUT2D eigenvalue weighted by Gasteiger charge is 2.31. The van der Waals surface area contributed by atoms with Gasteiger partial charge in [0.1, 0.15) is 0 Å². The molecule has 1 saturated heterocycles. The van der Waals surface area contributed by atoms with Gasteiger partial charge >= 0.3 is 0 Å². The summed E-state index contributed by atoms with van der Waals surface area (Å²) in [4.78, 5) is 0.362. The minimum absolute atomic E-state index is 0.0442. The Morgan fingerprint density at radius 3 is 2.76 bits per heavy atom. The van der Waals surface area contributed by atoms with Gasteiger partial charge in [0, 0.05) is 23.6 Å². The molecule has 1 aliphatic rings. The fourth-order valence-electron chi connectivity index (χ4n) is 1.96. The normalized spacial score (nSPS) is 21.9. The average Bonchev–Trinajstić information content (AvgIpc) is 2.69. The highest BCUT2D eigenvalue weighted by molar-refractivity contribution is 9.10. The van der Waals surface area contributed by atoms with Crippen LogP contribution in [0.4, 0.5) is 0 Å². The zero-order valence-electron chi connectivity index (χ0n) is 9.56. The van der Waals surface area contributed by atoms with E-state index in [1.54, 1.807) is 19.1 Å². The van der Waals surface area contributed by atoms with Crippen LogP contribution >= 0.6 is 15.9 Å². The number of sulfonamides is 1. The molecule has 0 aromatic heterocycles. The van der Waals surface area contributed by atoms with Gasteiger partial charge in [0.15, 0.2) is 0 Å². The predicted octanol–water partition coefficient (Wildman–Crippen LogP) is 1.48. The molecule has 0 aliphatic carbocycles.